The number of ether oxygens (including phenoxy) is 2. The predicted octanol–water partition coefficient (Wildman–Crippen LogP) is 1.95. The zero-order chi connectivity index (χ0) is 14.3. The van der Waals surface area contributed by atoms with Crippen LogP contribution in [0, 0.1) is 5.92 Å². The van der Waals surface area contributed by atoms with Crippen molar-refractivity contribution in [3.05, 3.63) is 35.9 Å². The lowest BCUT2D eigenvalue weighted by Crippen LogP contribution is -2.54. The molecule has 0 aliphatic rings. The van der Waals surface area contributed by atoms with Crippen LogP contribution in [-0.2, 0) is 19.8 Å². The van der Waals surface area contributed by atoms with E-state index in [0.29, 0.717) is 12.5 Å². The van der Waals surface area contributed by atoms with Gasteiger partial charge >= 0.3 is 5.97 Å². The second-order valence-electron chi connectivity index (χ2n) is 4.97. The maximum absolute atomic E-state index is 12.3. The Kier molecular flexibility index (Phi) is 5.99. The summed E-state index contributed by atoms with van der Waals surface area (Å²) in [5.41, 5.74) is -0.0981. The van der Waals surface area contributed by atoms with Crippen molar-refractivity contribution in [2.45, 2.75) is 19.4 Å². The van der Waals surface area contributed by atoms with Gasteiger partial charge in [-0.05, 0) is 18.0 Å². The van der Waals surface area contributed by atoms with E-state index in [0.717, 1.165) is 5.56 Å². The van der Waals surface area contributed by atoms with Gasteiger partial charge in [-0.25, -0.2) is 4.79 Å². The molecule has 1 N–H and O–H groups in total. The summed E-state index contributed by atoms with van der Waals surface area (Å²) in [4.78, 5) is 12.3. The van der Waals surface area contributed by atoms with Gasteiger partial charge in [0.15, 0.2) is 5.54 Å². The van der Waals surface area contributed by atoms with Crippen LogP contribution in [0.2, 0.25) is 0 Å². The van der Waals surface area contributed by atoms with Crippen LogP contribution in [0.3, 0.4) is 0 Å². The van der Waals surface area contributed by atoms with Gasteiger partial charge in [0.25, 0.3) is 0 Å². The first-order chi connectivity index (χ1) is 9.06. The van der Waals surface area contributed by atoms with Crippen LogP contribution < -0.4 is 5.32 Å². The summed E-state index contributed by atoms with van der Waals surface area (Å²) in [7, 11) is 2.98. The summed E-state index contributed by atoms with van der Waals surface area (Å²) in [5, 5.41) is 3.30. The minimum atomic E-state index is -0.949. The minimum absolute atomic E-state index is 0.233. The molecule has 0 bridgehead atoms. The molecule has 1 unspecified atom stereocenters. The Balaban J connectivity index is 3.15. The summed E-state index contributed by atoms with van der Waals surface area (Å²) >= 11 is 0. The molecule has 0 spiro atoms. The van der Waals surface area contributed by atoms with Crippen molar-refractivity contribution in [2.75, 3.05) is 27.4 Å². The van der Waals surface area contributed by atoms with Gasteiger partial charge in [0, 0.05) is 7.11 Å². The Morgan fingerprint density at radius 1 is 1.26 bits per heavy atom. The van der Waals surface area contributed by atoms with Crippen molar-refractivity contribution >= 4 is 5.97 Å². The molecule has 0 amide bonds. The monoisotopic (exact) mass is 265 g/mol. The standard InChI is InChI=1S/C15H23NO3/c1-12(2)10-16-15(11-18-3,14(17)19-4)13-8-6-5-7-9-13/h5-9,12,16H,10-11H2,1-4H3. The zero-order valence-corrected chi connectivity index (χ0v) is 12.1. The minimum Gasteiger partial charge on any atom is -0.467 e. The lowest BCUT2D eigenvalue weighted by Gasteiger charge is -2.32. The molecule has 1 aromatic rings. The van der Waals surface area contributed by atoms with Crippen LogP contribution in [0.25, 0.3) is 0 Å². The number of hydrogen-bond donors (Lipinski definition) is 1. The molecule has 0 heterocycles. The summed E-state index contributed by atoms with van der Waals surface area (Å²) in [5.74, 6) is 0.0887. The van der Waals surface area contributed by atoms with Crippen molar-refractivity contribution in [3.8, 4) is 0 Å². The molecule has 0 saturated heterocycles. The highest BCUT2D eigenvalue weighted by Crippen LogP contribution is 2.23. The smallest absolute Gasteiger partial charge is 0.333 e. The molecule has 0 radical (unpaired) electrons. The largest absolute Gasteiger partial charge is 0.467 e. The van der Waals surface area contributed by atoms with Gasteiger partial charge in [-0.3, -0.25) is 5.32 Å². The first kappa shape index (κ1) is 15.7. The molecule has 0 aliphatic heterocycles. The van der Waals surface area contributed by atoms with Gasteiger partial charge in [0.1, 0.15) is 0 Å². The molecular formula is C15H23NO3. The fourth-order valence-corrected chi connectivity index (χ4v) is 1.98. The summed E-state index contributed by atoms with van der Waals surface area (Å²) < 4.78 is 10.2. The molecule has 19 heavy (non-hydrogen) atoms. The third-order valence-corrected chi connectivity index (χ3v) is 2.97. The van der Waals surface area contributed by atoms with E-state index in [1.165, 1.54) is 7.11 Å². The van der Waals surface area contributed by atoms with E-state index in [1.54, 1.807) is 7.11 Å². The van der Waals surface area contributed by atoms with Gasteiger partial charge in [0.05, 0.1) is 13.7 Å². The van der Waals surface area contributed by atoms with Crippen LogP contribution >= 0.6 is 0 Å². The first-order valence-corrected chi connectivity index (χ1v) is 6.44. The number of methoxy groups -OCH3 is 2. The highest BCUT2D eigenvalue weighted by Gasteiger charge is 2.41. The molecule has 0 saturated carbocycles. The summed E-state index contributed by atoms with van der Waals surface area (Å²) in [6.07, 6.45) is 0. The average molecular weight is 265 g/mol. The highest BCUT2D eigenvalue weighted by molar-refractivity contribution is 5.82. The lowest BCUT2D eigenvalue weighted by atomic mass is 9.90. The van der Waals surface area contributed by atoms with E-state index in [4.69, 9.17) is 9.47 Å². The molecule has 0 aromatic heterocycles. The fourth-order valence-electron chi connectivity index (χ4n) is 1.98. The van der Waals surface area contributed by atoms with Gasteiger partial charge in [0.2, 0.25) is 0 Å². The molecule has 1 aromatic carbocycles. The molecule has 1 atom stereocenters. The van der Waals surface area contributed by atoms with Crippen LogP contribution in [0.4, 0.5) is 0 Å². The van der Waals surface area contributed by atoms with Crippen molar-refractivity contribution in [1.29, 1.82) is 0 Å². The number of esters is 1. The van der Waals surface area contributed by atoms with Crippen LogP contribution in [-0.4, -0.2) is 33.3 Å². The summed E-state index contributed by atoms with van der Waals surface area (Å²) in [6.45, 7) is 5.11. The van der Waals surface area contributed by atoms with Crippen molar-refractivity contribution in [1.82, 2.24) is 5.32 Å². The quantitative estimate of drug-likeness (QED) is 0.765. The molecular weight excluding hydrogens is 242 g/mol. The van der Waals surface area contributed by atoms with E-state index >= 15 is 0 Å². The number of hydrogen-bond acceptors (Lipinski definition) is 4. The maximum atomic E-state index is 12.3. The summed E-state index contributed by atoms with van der Waals surface area (Å²) in [6, 6.07) is 9.53. The van der Waals surface area contributed by atoms with Gasteiger partial charge in [-0.1, -0.05) is 44.2 Å². The van der Waals surface area contributed by atoms with Crippen molar-refractivity contribution in [2.24, 2.45) is 5.92 Å². The lowest BCUT2D eigenvalue weighted by molar-refractivity contribution is -0.152. The fraction of sp³-hybridized carbons (Fsp3) is 0.533. The zero-order valence-electron chi connectivity index (χ0n) is 12.1. The highest BCUT2D eigenvalue weighted by atomic mass is 16.5. The Morgan fingerprint density at radius 3 is 2.37 bits per heavy atom. The van der Waals surface area contributed by atoms with E-state index < -0.39 is 5.54 Å². The molecule has 0 aliphatic carbocycles. The Labute approximate surface area is 115 Å². The Morgan fingerprint density at radius 2 is 1.89 bits per heavy atom. The Hall–Kier alpha value is -1.39. The number of carbonyl (C=O) groups excluding carboxylic acids is 1. The number of rotatable bonds is 7. The SMILES string of the molecule is COCC(NCC(C)C)(C(=O)OC)c1ccccc1. The van der Waals surface area contributed by atoms with Crippen molar-refractivity contribution < 1.29 is 14.3 Å². The van der Waals surface area contributed by atoms with E-state index in [1.807, 2.05) is 30.3 Å². The topological polar surface area (TPSA) is 47.6 Å². The number of nitrogens with one attached hydrogen (secondary N) is 1. The van der Waals surface area contributed by atoms with E-state index in [9.17, 15) is 4.79 Å². The molecule has 0 fully saturated rings. The maximum Gasteiger partial charge on any atom is 0.333 e. The van der Waals surface area contributed by atoms with Crippen LogP contribution in [0.5, 0.6) is 0 Å². The molecule has 106 valence electrons. The third kappa shape index (κ3) is 3.78. The van der Waals surface area contributed by atoms with Gasteiger partial charge in [-0.15, -0.1) is 0 Å². The number of carbonyl (C=O) groups is 1. The van der Waals surface area contributed by atoms with E-state index in [-0.39, 0.29) is 12.6 Å². The van der Waals surface area contributed by atoms with Gasteiger partial charge in [-0.2, -0.15) is 0 Å². The van der Waals surface area contributed by atoms with Crippen LogP contribution in [0.1, 0.15) is 19.4 Å². The second kappa shape index (κ2) is 7.26. The van der Waals surface area contributed by atoms with Crippen LogP contribution in [0.15, 0.2) is 30.3 Å². The van der Waals surface area contributed by atoms with Crippen molar-refractivity contribution in [3.63, 3.8) is 0 Å². The molecule has 4 nitrogen and oxygen atoms in total. The normalized spacial score (nSPS) is 14.2. The average Bonchev–Trinajstić information content (AvgIpc) is 2.43. The second-order valence-corrected chi connectivity index (χ2v) is 4.97. The first-order valence-electron chi connectivity index (χ1n) is 6.44. The van der Waals surface area contributed by atoms with E-state index in [2.05, 4.69) is 19.2 Å². The third-order valence-electron chi connectivity index (χ3n) is 2.97. The molecule has 1 rings (SSSR count). The van der Waals surface area contributed by atoms with Gasteiger partial charge < -0.3 is 9.47 Å². The number of benzene rings is 1. The Bertz CT molecular complexity index is 392. The molecule has 4 heteroatoms. The predicted molar refractivity (Wildman–Crippen MR) is 74.9 cm³/mol.